The predicted octanol–water partition coefficient (Wildman–Crippen LogP) is 0.0323. The first kappa shape index (κ1) is 17.6. The number of hydrogen-bond donors (Lipinski definition) is 3. The van der Waals surface area contributed by atoms with Crippen LogP contribution in [0.25, 0.3) is 0 Å². The molecule has 2 amide bonds. The highest BCUT2D eigenvalue weighted by molar-refractivity contribution is 5.87. The van der Waals surface area contributed by atoms with Gasteiger partial charge in [0.15, 0.2) is 0 Å². The summed E-state index contributed by atoms with van der Waals surface area (Å²) in [6.45, 7) is 7.42. The van der Waals surface area contributed by atoms with E-state index in [2.05, 4.69) is 10.6 Å². The van der Waals surface area contributed by atoms with E-state index in [1.807, 2.05) is 27.7 Å². The summed E-state index contributed by atoms with van der Waals surface area (Å²) in [5.74, 6) is -0.420. The summed E-state index contributed by atoms with van der Waals surface area (Å²) in [4.78, 5) is 22.5. The van der Waals surface area contributed by atoms with E-state index >= 15 is 0 Å². The summed E-state index contributed by atoms with van der Waals surface area (Å²) in [5, 5.41) is 5.16. The van der Waals surface area contributed by atoms with E-state index in [4.69, 9.17) is 5.73 Å². The molecule has 0 bridgehead atoms. The van der Waals surface area contributed by atoms with Gasteiger partial charge in [0.05, 0.1) is 12.6 Å². The molecule has 96 valence electrons. The average molecular weight is 252 g/mol. The summed E-state index contributed by atoms with van der Waals surface area (Å²) in [6.07, 6.45) is 0. The van der Waals surface area contributed by atoms with Crippen LogP contribution in [0.2, 0.25) is 0 Å². The maximum Gasteiger partial charge on any atom is 0.239 e. The molecule has 0 aromatic carbocycles. The highest BCUT2D eigenvalue weighted by Crippen LogP contribution is 1.97. The monoisotopic (exact) mass is 251 g/mol. The Morgan fingerprint density at radius 1 is 1.19 bits per heavy atom. The SMILES string of the molecule is CC(C)NC(=O)CNC(=O)[C@@H](N)C(C)C.Cl. The lowest BCUT2D eigenvalue weighted by atomic mass is 10.1. The molecule has 0 aliphatic heterocycles. The molecule has 0 heterocycles. The van der Waals surface area contributed by atoms with Gasteiger partial charge in [-0.2, -0.15) is 0 Å². The van der Waals surface area contributed by atoms with Crippen molar-refractivity contribution in [2.24, 2.45) is 11.7 Å². The molecule has 0 aliphatic carbocycles. The zero-order chi connectivity index (χ0) is 12.0. The second-order valence-electron chi connectivity index (χ2n) is 4.21. The van der Waals surface area contributed by atoms with Gasteiger partial charge in [-0.15, -0.1) is 12.4 Å². The number of carbonyl (C=O) groups excluding carboxylic acids is 2. The molecule has 0 spiro atoms. The van der Waals surface area contributed by atoms with Crippen molar-refractivity contribution in [1.82, 2.24) is 10.6 Å². The third-order valence-electron chi connectivity index (χ3n) is 1.89. The largest absolute Gasteiger partial charge is 0.352 e. The summed E-state index contributed by atoms with van der Waals surface area (Å²) in [6, 6.07) is -0.481. The first-order chi connectivity index (χ1) is 6.84. The van der Waals surface area contributed by atoms with Crippen LogP contribution >= 0.6 is 12.4 Å². The van der Waals surface area contributed by atoms with E-state index in [0.29, 0.717) is 0 Å². The molecule has 0 rings (SSSR count). The minimum absolute atomic E-state index is 0. The maximum absolute atomic E-state index is 11.4. The quantitative estimate of drug-likeness (QED) is 0.645. The molecule has 0 fully saturated rings. The number of hydrogen-bond acceptors (Lipinski definition) is 3. The fourth-order valence-electron chi connectivity index (χ4n) is 0.961. The standard InChI is InChI=1S/C10H21N3O2.ClH/c1-6(2)9(11)10(15)12-5-8(14)13-7(3)4;/h6-7,9H,5,11H2,1-4H3,(H,12,15)(H,13,14);1H/t9-;/m0./s1. The van der Waals surface area contributed by atoms with Crippen molar-refractivity contribution < 1.29 is 9.59 Å². The number of nitrogens with one attached hydrogen (secondary N) is 2. The topological polar surface area (TPSA) is 84.2 Å². The summed E-state index contributed by atoms with van der Waals surface area (Å²) >= 11 is 0. The van der Waals surface area contributed by atoms with Gasteiger partial charge >= 0.3 is 0 Å². The van der Waals surface area contributed by atoms with E-state index < -0.39 is 6.04 Å². The van der Waals surface area contributed by atoms with Crippen LogP contribution in [0.4, 0.5) is 0 Å². The molecular weight excluding hydrogens is 230 g/mol. The molecule has 5 nitrogen and oxygen atoms in total. The van der Waals surface area contributed by atoms with Crippen molar-refractivity contribution in [3.63, 3.8) is 0 Å². The molecule has 4 N–H and O–H groups in total. The minimum Gasteiger partial charge on any atom is -0.352 e. The molecule has 6 heteroatoms. The molecular formula is C10H22ClN3O2. The van der Waals surface area contributed by atoms with Crippen LogP contribution in [-0.2, 0) is 9.59 Å². The third-order valence-corrected chi connectivity index (χ3v) is 1.89. The Morgan fingerprint density at radius 2 is 1.69 bits per heavy atom. The Morgan fingerprint density at radius 3 is 2.06 bits per heavy atom. The molecule has 0 radical (unpaired) electrons. The second kappa shape index (κ2) is 8.35. The van der Waals surface area contributed by atoms with Crippen LogP contribution in [0.1, 0.15) is 27.7 Å². The zero-order valence-corrected chi connectivity index (χ0v) is 11.1. The highest BCUT2D eigenvalue weighted by Gasteiger charge is 2.17. The van der Waals surface area contributed by atoms with Gasteiger partial charge in [0.1, 0.15) is 0 Å². The normalized spacial score (nSPS) is 11.9. The number of carbonyl (C=O) groups is 2. The molecule has 0 saturated heterocycles. The van der Waals surface area contributed by atoms with E-state index in [1.54, 1.807) is 0 Å². The van der Waals surface area contributed by atoms with Crippen LogP contribution in [0.5, 0.6) is 0 Å². The van der Waals surface area contributed by atoms with Crippen molar-refractivity contribution >= 4 is 24.2 Å². The third kappa shape index (κ3) is 7.48. The van der Waals surface area contributed by atoms with Gasteiger partial charge in [-0.1, -0.05) is 13.8 Å². The Kier molecular flexibility index (Phi) is 9.18. The van der Waals surface area contributed by atoms with Crippen molar-refractivity contribution in [1.29, 1.82) is 0 Å². The Balaban J connectivity index is 0. The highest BCUT2D eigenvalue weighted by atomic mass is 35.5. The van der Waals surface area contributed by atoms with Crippen molar-refractivity contribution in [2.45, 2.75) is 39.8 Å². The number of amides is 2. The predicted molar refractivity (Wildman–Crippen MR) is 66.3 cm³/mol. The van der Waals surface area contributed by atoms with Crippen molar-refractivity contribution in [2.75, 3.05) is 6.54 Å². The number of nitrogens with two attached hydrogens (primary N) is 1. The Labute approximate surface area is 103 Å². The molecule has 0 unspecified atom stereocenters. The zero-order valence-electron chi connectivity index (χ0n) is 10.2. The van der Waals surface area contributed by atoms with Crippen LogP contribution < -0.4 is 16.4 Å². The number of halogens is 1. The van der Waals surface area contributed by atoms with Crippen LogP contribution in [0.15, 0.2) is 0 Å². The lowest BCUT2D eigenvalue weighted by molar-refractivity contribution is -0.127. The first-order valence-corrected chi connectivity index (χ1v) is 5.17. The van der Waals surface area contributed by atoms with Gasteiger partial charge in [0.25, 0.3) is 0 Å². The van der Waals surface area contributed by atoms with E-state index in [0.717, 1.165) is 0 Å². The molecule has 0 aromatic rings. The Hall–Kier alpha value is -0.810. The lowest BCUT2D eigenvalue weighted by Crippen LogP contribution is -2.47. The molecule has 0 aliphatic rings. The first-order valence-electron chi connectivity index (χ1n) is 5.17. The fraction of sp³-hybridized carbons (Fsp3) is 0.800. The molecule has 1 atom stereocenters. The molecule has 0 saturated carbocycles. The Bertz CT molecular complexity index is 232. The summed E-state index contributed by atoms with van der Waals surface area (Å²) < 4.78 is 0. The van der Waals surface area contributed by atoms with Crippen LogP contribution in [-0.4, -0.2) is 30.4 Å². The summed E-state index contributed by atoms with van der Waals surface area (Å²) in [7, 11) is 0. The summed E-state index contributed by atoms with van der Waals surface area (Å²) in [5.41, 5.74) is 5.60. The smallest absolute Gasteiger partial charge is 0.239 e. The molecule has 0 aromatic heterocycles. The second-order valence-corrected chi connectivity index (χ2v) is 4.21. The van der Waals surface area contributed by atoms with Gasteiger partial charge in [-0.25, -0.2) is 0 Å². The minimum atomic E-state index is -0.558. The van der Waals surface area contributed by atoms with Crippen molar-refractivity contribution in [3.05, 3.63) is 0 Å². The van der Waals surface area contributed by atoms with Gasteiger partial charge in [0, 0.05) is 6.04 Å². The average Bonchev–Trinajstić information content (AvgIpc) is 2.11. The van der Waals surface area contributed by atoms with E-state index in [9.17, 15) is 9.59 Å². The fourth-order valence-corrected chi connectivity index (χ4v) is 0.961. The van der Waals surface area contributed by atoms with Crippen LogP contribution in [0.3, 0.4) is 0 Å². The van der Waals surface area contributed by atoms with Gasteiger partial charge in [-0.3, -0.25) is 9.59 Å². The van der Waals surface area contributed by atoms with E-state index in [1.165, 1.54) is 0 Å². The number of rotatable bonds is 5. The van der Waals surface area contributed by atoms with Crippen LogP contribution in [0, 0.1) is 5.92 Å². The lowest BCUT2D eigenvalue weighted by Gasteiger charge is -2.15. The van der Waals surface area contributed by atoms with E-state index in [-0.39, 0.29) is 42.7 Å². The van der Waals surface area contributed by atoms with Gasteiger partial charge in [0.2, 0.25) is 11.8 Å². The van der Waals surface area contributed by atoms with Gasteiger partial charge in [-0.05, 0) is 19.8 Å². The van der Waals surface area contributed by atoms with Crippen molar-refractivity contribution in [3.8, 4) is 0 Å². The maximum atomic E-state index is 11.4. The molecule has 16 heavy (non-hydrogen) atoms. The van der Waals surface area contributed by atoms with Gasteiger partial charge < -0.3 is 16.4 Å².